The first-order valence-electron chi connectivity index (χ1n) is 8.99. The second-order valence-electron chi connectivity index (χ2n) is 6.73. The Labute approximate surface area is 145 Å². The van der Waals surface area contributed by atoms with Crippen molar-refractivity contribution in [1.29, 1.82) is 0 Å². The van der Waals surface area contributed by atoms with E-state index in [1.165, 1.54) is 37.0 Å². The predicted molar refractivity (Wildman–Crippen MR) is 95.1 cm³/mol. The number of halogens is 1. The zero-order valence-corrected chi connectivity index (χ0v) is 15.2. The Kier molecular flexibility index (Phi) is 7.84. The first-order valence-corrected chi connectivity index (χ1v) is 9.37. The smallest absolute Gasteiger partial charge is 0.126 e. The second kappa shape index (κ2) is 9.63. The lowest BCUT2D eigenvalue weighted by Crippen LogP contribution is -3.16. The van der Waals surface area contributed by atoms with Gasteiger partial charge in [0.2, 0.25) is 0 Å². The number of benzene rings is 1. The molecular weight excluding hydrogens is 310 g/mol. The van der Waals surface area contributed by atoms with Crippen LogP contribution < -0.4 is 4.90 Å². The lowest BCUT2D eigenvalue weighted by Gasteiger charge is -2.32. The summed E-state index contributed by atoms with van der Waals surface area (Å²) < 4.78 is 5.86. The molecule has 1 aliphatic carbocycles. The minimum atomic E-state index is -0.401. The number of quaternary nitrogens is 1. The van der Waals surface area contributed by atoms with Crippen molar-refractivity contribution >= 4 is 11.6 Å². The van der Waals surface area contributed by atoms with Crippen molar-refractivity contribution in [3.63, 3.8) is 0 Å². The number of aliphatic hydroxyl groups excluding tert-OH is 1. The average Bonchev–Trinajstić information content (AvgIpc) is 2.59. The molecular formula is C19H31ClNO2+. The molecule has 0 radical (unpaired) electrons. The highest BCUT2D eigenvalue weighted by atomic mass is 35.5. The standard InChI is InChI=1S/C19H30ClNO2/c1-3-21(18-7-5-4-6-8-18)13-19(22)14-23-15(2)16-9-11-17(20)12-10-16/h9-12,15,18-19,22H,3-8,13-14H2,1-2H3/p+1/t15-,19-/m0/s1. The largest absolute Gasteiger partial charge is 0.385 e. The number of likely N-dealkylation sites (N-methyl/N-ethyl adjacent to an activating group) is 1. The Morgan fingerprint density at radius 1 is 1.22 bits per heavy atom. The van der Waals surface area contributed by atoms with Crippen LogP contribution in [0.15, 0.2) is 24.3 Å². The second-order valence-corrected chi connectivity index (χ2v) is 7.17. The third-order valence-electron chi connectivity index (χ3n) is 5.01. The Morgan fingerprint density at radius 3 is 2.48 bits per heavy atom. The van der Waals surface area contributed by atoms with Crippen molar-refractivity contribution in [2.24, 2.45) is 0 Å². The monoisotopic (exact) mass is 340 g/mol. The molecule has 1 fully saturated rings. The van der Waals surface area contributed by atoms with Gasteiger partial charge in [-0.15, -0.1) is 0 Å². The summed E-state index contributed by atoms with van der Waals surface area (Å²) in [5.41, 5.74) is 1.09. The van der Waals surface area contributed by atoms with Gasteiger partial charge in [-0.2, -0.15) is 0 Å². The van der Waals surface area contributed by atoms with E-state index in [1.54, 1.807) is 0 Å². The minimum absolute atomic E-state index is 0.0262. The van der Waals surface area contributed by atoms with E-state index < -0.39 is 6.10 Å². The maximum atomic E-state index is 10.4. The van der Waals surface area contributed by atoms with Crippen LogP contribution in [0.5, 0.6) is 0 Å². The third kappa shape index (κ3) is 6.07. The Bertz CT molecular complexity index is 445. The van der Waals surface area contributed by atoms with E-state index in [0.29, 0.717) is 6.61 Å². The summed E-state index contributed by atoms with van der Waals surface area (Å²) in [5, 5.41) is 11.1. The first-order chi connectivity index (χ1) is 11.1. The van der Waals surface area contributed by atoms with Gasteiger partial charge < -0.3 is 14.7 Å². The zero-order chi connectivity index (χ0) is 16.7. The van der Waals surface area contributed by atoms with Crippen LogP contribution in [0.25, 0.3) is 0 Å². The molecule has 0 spiro atoms. The summed E-state index contributed by atoms with van der Waals surface area (Å²) >= 11 is 5.91. The summed E-state index contributed by atoms with van der Waals surface area (Å²) in [6, 6.07) is 8.42. The van der Waals surface area contributed by atoms with E-state index in [-0.39, 0.29) is 6.10 Å². The summed E-state index contributed by atoms with van der Waals surface area (Å²) in [4.78, 5) is 1.53. The molecule has 2 rings (SSSR count). The van der Waals surface area contributed by atoms with Crippen molar-refractivity contribution < 1.29 is 14.7 Å². The fraction of sp³-hybridized carbons (Fsp3) is 0.684. The number of nitrogens with one attached hydrogen (secondary N) is 1. The quantitative estimate of drug-likeness (QED) is 0.762. The van der Waals surface area contributed by atoms with Gasteiger partial charge in [-0.05, 0) is 57.2 Å². The highest BCUT2D eigenvalue weighted by Crippen LogP contribution is 2.19. The van der Waals surface area contributed by atoms with Crippen molar-refractivity contribution in [2.45, 2.75) is 64.2 Å². The predicted octanol–water partition coefficient (Wildman–Crippen LogP) is 3.02. The summed E-state index contributed by atoms with van der Waals surface area (Å²) in [6.45, 7) is 6.48. The Morgan fingerprint density at radius 2 is 1.87 bits per heavy atom. The zero-order valence-electron chi connectivity index (χ0n) is 14.4. The number of rotatable bonds is 8. The molecule has 1 unspecified atom stereocenters. The Balaban J connectivity index is 1.76. The molecule has 2 N–H and O–H groups in total. The van der Waals surface area contributed by atoms with E-state index in [1.807, 2.05) is 31.2 Å². The third-order valence-corrected chi connectivity index (χ3v) is 5.26. The van der Waals surface area contributed by atoms with Gasteiger partial charge in [-0.3, -0.25) is 0 Å². The normalized spacial score (nSPS) is 20.2. The number of ether oxygens (including phenoxy) is 1. The number of hydrogen-bond donors (Lipinski definition) is 2. The van der Waals surface area contributed by atoms with Crippen LogP contribution in [0.3, 0.4) is 0 Å². The number of hydrogen-bond acceptors (Lipinski definition) is 2. The molecule has 23 heavy (non-hydrogen) atoms. The van der Waals surface area contributed by atoms with Crippen molar-refractivity contribution in [3.8, 4) is 0 Å². The van der Waals surface area contributed by atoms with Gasteiger partial charge in [0.1, 0.15) is 12.6 Å². The van der Waals surface area contributed by atoms with E-state index in [0.717, 1.165) is 29.7 Å². The van der Waals surface area contributed by atoms with Crippen LogP contribution in [0.2, 0.25) is 5.02 Å². The molecule has 1 aliphatic rings. The van der Waals surface area contributed by atoms with Gasteiger partial charge in [0, 0.05) is 5.02 Å². The van der Waals surface area contributed by atoms with E-state index in [2.05, 4.69) is 6.92 Å². The molecule has 3 nitrogen and oxygen atoms in total. The molecule has 0 aliphatic heterocycles. The van der Waals surface area contributed by atoms with Crippen LogP contribution >= 0.6 is 11.6 Å². The summed E-state index contributed by atoms with van der Waals surface area (Å²) in [6.07, 6.45) is 6.24. The molecule has 1 saturated carbocycles. The molecule has 0 amide bonds. The fourth-order valence-corrected chi connectivity index (χ4v) is 3.68. The molecule has 4 heteroatoms. The molecule has 1 aromatic rings. The maximum absolute atomic E-state index is 10.4. The van der Waals surface area contributed by atoms with Gasteiger partial charge in [-0.1, -0.05) is 30.2 Å². The van der Waals surface area contributed by atoms with Crippen molar-refractivity contribution in [1.82, 2.24) is 0 Å². The van der Waals surface area contributed by atoms with Gasteiger partial charge in [0.05, 0.1) is 25.3 Å². The van der Waals surface area contributed by atoms with Crippen LogP contribution in [-0.4, -0.2) is 36.9 Å². The summed E-state index contributed by atoms with van der Waals surface area (Å²) in [7, 11) is 0. The minimum Gasteiger partial charge on any atom is -0.385 e. The van der Waals surface area contributed by atoms with Gasteiger partial charge in [0.15, 0.2) is 0 Å². The Hall–Kier alpha value is -0.610. The highest BCUT2D eigenvalue weighted by molar-refractivity contribution is 6.30. The fourth-order valence-electron chi connectivity index (χ4n) is 3.56. The van der Waals surface area contributed by atoms with Gasteiger partial charge >= 0.3 is 0 Å². The lowest BCUT2D eigenvalue weighted by molar-refractivity contribution is -0.928. The molecule has 0 heterocycles. The van der Waals surface area contributed by atoms with Crippen molar-refractivity contribution in [3.05, 3.63) is 34.9 Å². The molecule has 0 saturated heterocycles. The molecule has 1 aromatic carbocycles. The van der Waals surface area contributed by atoms with Crippen LogP contribution in [-0.2, 0) is 4.74 Å². The lowest BCUT2D eigenvalue weighted by atomic mass is 9.94. The average molecular weight is 341 g/mol. The van der Waals surface area contributed by atoms with E-state index in [9.17, 15) is 5.11 Å². The van der Waals surface area contributed by atoms with E-state index in [4.69, 9.17) is 16.3 Å². The topological polar surface area (TPSA) is 33.9 Å². The SMILES string of the molecule is CC[NH+](C[C@H](O)CO[C@@H](C)c1ccc(Cl)cc1)C1CCCCC1. The van der Waals surface area contributed by atoms with Crippen LogP contribution in [0.4, 0.5) is 0 Å². The van der Waals surface area contributed by atoms with Gasteiger partial charge in [0.25, 0.3) is 0 Å². The summed E-state index contributed by atoms with van der Waals surface area (Å²) in [5.74, 6) is 0. The first kappa shape index (κ1) is 18.7. The van der Waals surface area contributed by atoms with Crippen LogP contribution in [0, 0.1) is 0 Å². The molecule has 0 bridgehead atoms. The number of aliphatic hydroxyl groups is 1. The highest BCUT2D eigenvalue weighted by Gasteiger charge is 2.25. The van der Waals surface area contributed by atoms with E-state index >= 15 is 0 Å². The molecule has 0 aromatic heterocycles. The molecule has 130 valence electrons. The van der Waals surface area contributed by atoms with Crippen molar-refractivity contribution in [2.75, 3.05) is 19.7 Å². The molecule has 3 atom stereocenters. The van der Waals surface area contributed by atoms with Crippen LogP contribution in [0.1, 0.15) is 57.6 Å². The maximum Gasteiger partial charge on any atom is 0.126 e. The van der Waals surface area contributed by atoms with Gasteiger partial charge in [-0.25, -0.2) is 0 Å².